The summed E-state index contributed by atoms with van der Waals surface area (Å²) in [6.45, 7) is 4.08. The van der Waals surface area contributed by atoms with Gasteiger partial charge in [-0.15, -0.1) is 0 Å². The molecule has 0 fully saturated rings. The molecule has 3 aromatic rings. The molecule has 0 unspecified atom stereocenters. The first-order valence-electron chi connectivity index (χ1n) is 7.27. The lowest BCUT2D eigenvalue weighted by atomic mass is 9.97. The Labute approximate surface area is 135 Å². The number of nitrogens with zero attached hydrogens (tertiary/aromatic N) is 4. The summed E-state index contributed by atoms with van der Waals surface area (Å²) in [6, 6.07) is 10.3. The van der Waals surface area contributed by atoms with E-state index in [9.17, 15) is 5.26 Å². The molecule has 1 aromatic carbocycles. The van der Waals surface area contributed by atoms with Gasteiger partial charge in [0.1, 0.15) is 17.5 Å². The third kappa shape index (κ3) is 2.67. The van der Waals surface area contributed by atoms with E-state index in [1.165, 1.54) is 0 Å². The molecule has 0 amide bonds. The van der Waals surface area contributed by atoms with Crippen LogP contribution in [0.3, 0.4) is 0 Å². The third-order valence-electron chi connectivity index (χ3n) is 3.84. The second-order valence-electron chi connectivity index (χ2n) is 5.65. The number of hydrogen-bond donors (Lipinski definition) is 1. The Balaban J connectivity index is 2.27. The van der Waals surface area contributed by atoms with Crippen LogP contribution in [0.1, 0.15) is 16.7 Å². The van der Waals surface area contributed by atoms with Gasteiger partial charge in [-0.3, -0.25) is 4.68 Å². The van der Waals surface area contributed by atoms with Crippen LogP contribution in [-0.4, -0.2) is 14.8 Å². The van der Waals surface area contributed by atoms with Gasteiger partial charge in [0.05, 0.1) is 11.9 Å². The zero-order valence-corrected chi connectivity index (χ0v) is 13.3. The standard InChI is InChI=1S/C18H17N5/c1-11-4-5-12(2)14(6-11)17-7-15(13-9-21-23(3)10-13)16(8-19)18(20)22-17/h4-7,9-10H,1-3H3,(H2,20,22). The van der Waals surface area contributed by atoms with Crippen LogP contribution < -0.4 is 5.73 Å². The summed E-state index contributed by atoms with van der Waals surface area (Å²) in [7, 11) is 1.84. The van der Waals surface area contributed by atoms with Crippen molar-refractivity contribution >= 4 is 5.82 Å². The number of hydrogen-bond acceptors (Lipinski definition) is 4. The van der Waals surface area contributed by atoms with Crippen LogP contribution in [0.25, 0.3) is 22.4 Å². The van der Waals surface area contributed by atoms with Crippen molar-refractivity contribution in [1.82, 2.24) is 14.8 Å². The van der Waals surface area contributed by atoms with E-state index in [-0.39, 0.29) is 5.82 Å². The van der Waals surface area contributed by atoms with E-state index in [0.717, 1.165) is 33.5 Å². The molecule has 0 aliphatic carbocycles. The summed E-state index contributed by atoms with van der Waals surface area (Å²) in [5, 5.41) is 13.6. The van der Waals surface area contributed by atoms with Gasteiger partial charge in [-0.2, -0.15) is 10.4 Å². The highest BCUT2D eigenvalue weighted by Gasteiger charge is 2.15. The van der Waals surface area contributed by atoms with Gasteiger partial charge < -0.3 is 5.73 Å². The lowest BCUT2D eigenvalue weighted by Gasteiger charge is -2.11. The molecular weight excluding hydrogens is 286 g/mol. The Bertz CT molecular complexity index is 931. The number of aromatic nitrogens is 3. The lowest BCUT2D eigenvalue weighted by Crippen LogP contribution is -2.00. The van der Waals surface area contributed by atoms with E-state index in [1.54, 1.807) is 10.9 Å². The van der Waals surface area contributed by atoms with Gasteiger partial charge in [-0.25, -0.2) is 4.98 Å². The van der Waals surface area contributed by atoms with Crippen molar-refractivity contribution < 1.29 is 0 Å². The minimum absolute atomic E-state index is 0.241. The highest BCUT2D eigenvalue weighted by molar-refractivity contribution is 5.80. The summed E-state index contributed by atoms with van der Waals surface area (Å²) >= 11 is 0. The number of aryl methyl sites for hydroxylation is 3. The summed E-state index contributed by atoms with van der Waals surface area (Å²) in [4.78, 5) is 4.44. The Morgan fingerprint density at radius 3 is 2.61 bits per heavy atom. The molecule has 0 atom stereocenters. The molecule has 0 saturated carbocycles. The molecule has 3 rings (SSSR count). The van der Waals surface area contributed by atoms with Crippen LogP contribution in [0.2, 0.25) is 0 Å². The second kappa shape index (κ2) is 5.58. The predicted octanol–water partition coefficient (Wildman–Crippen LogP) is 3.22. The van der Waals surface area contributed by atoms with Crippen LogP contribution in [0.15, 0.2) is 36.7 Å². The average molecular weight is 303 g/mol. The van der Waals surface area contributed by atoms with E-state index in [0.29, 0.717) is 5.56 Å². The number of pyridine rings is 1. The van der Waals surface area contributed by atoms with Crippen molar-refractivity contribution in [2.75, 3.05) is 5.73 Å². The molecule has 5 heteroatoms. The van der Waals surface area contributed by atoms with E-state index >= 15 is 0 Å². The third-order valence-corrected chi connectivity index (χ3v) is 3.84. The first-order chi connectivity index (χ1) is 11.0. The fourth-order valence-electron chi connectivity index (χ4n) is 2.62. The van der Waals surface area contributed by atoms with Crippen molar-refractivity contribution in [1.29, 1.82) is 5.26 Å². The monoisotopic (exact) mass is 303 g/mol. The predicted molar refractivity (Wildman–Crippen MR) is 90.5 cm³/mol. The molecule has 23 heavy (non-hydrogen) atoms. The Kier molecular flexibility index (Phi) is 3.59. The number of anilines is 1. The Morgan fingerprint density at radius 2 is 1.96 bits per heavy atom. The van der Waals surface area contributed by atoms with Gasteiger partial charge in [0, 0.05) is 29.9 Å². The highest BCUT2D eigenvalue weighted by Crippen LogP contribution is 2.32. The van der Waals surface area contributed by atoms with Crippen LogP contribution in [0.5, 0.6) is 0 Å². The lowest BCUT2D eigenvalue weighted by molar-refractivity contribution is 0.768. The second-order valence-corrected chi connectivity index (χ2v) is 5.65. The largest absolute Gasteiger partial charge is 0.383 e. The molecule has 0 bridgehead atoms. The maximum atomic E-state index is 9.43. The smallest absolute Gasteiger partial charge is 0.142 e. The van der Waals surface area contributed by atoms with E-state index in [4.69, 9.17) is 5.73 Å². The van der Waals surface area contributed by atoms with E-state index in [1.807, 2.05) is 33.2 Å². The molecule has 0 saturated heterocycles. The summed E-state index contributed by atoms with van der Waals surface area (Å²) in [6.07, 6.45) is 3.59. The first kappa shape index (κ1) is 14.8. The maximum Gasteiger partial charge on any atom is 0.142 e. The van der Waals surface area contributed by atoms with Gasteiger partial charge >= 0.3 is 0 Å². The van der Waals surface area contributed by atoms with Gasteiger partial charge in [0.15, 0.2) is 0 Å². The van der Waals surface area contributed by atoms with Crippen molar-refractivity contribution in [3.8, 4) is 28.5 Å². The Hall–Kier alpha value is -3.13. The SMILES string of the molecule is Cc1ccc(C)c(-c2cc(-c3cnn(C)c3)c(C#N)c(N)n2)c1. The van der Waals surface area contributed by atoms with Gasteiger partial charge in [0.2, 0.25) is 0 Å². The number of nitrogen functional groups attached to an aromatic ring is 1. The molecule has 0 radical (unpaired) electrons. The molecule has 5 nitrogen and oxygen atoms in total. The maximum absolute atomic E-state index is 9.43. The normalized spacial score (nSPS) is 10.5. The molecule has 2 aromatic heterocycles. The molecular formula is C18H17N5. The minimum Gasteiger partial charge on any atom is -0.383 e. The number of nitrogens with two attached hydrogens (primary N) is 1. The fraction of sp³-hybridized carbons (Fsp3) is 0.167. The molecule has 2 heterocycles. The van der Waals surface area contributed by atoms with Crippen LogP contribution in [0.4, 0.5) is 5.82 Å². The molecule has 0 aliphatic rings. The number of benzene rings is 1. The fourth-order valence-corrected chi connectivity index (χ4v) is 2.62. The van der Waals surface area contributed by atoms with Crippen LogP contribution >= 0.6 is 0 Å². The highest BCUT2D eigenvalue weighted by atomic mass is 15.2. The van der Waals surface area contributed by atoms with Crippen molar-refractivity contribution in [2.24, 2.45) is 7.05 Å². The van der Waals surface area contributed by atoms with Crippen LogP contribution in [-0.2, 0) is 7.05 Å². The molecule has 0 spiro atoms. The van der Waals surface area contributed by atoms with Gasteiger partial charge in [0.25, 0.3) is 0 Å². The molecule has 2 N–H and O–H groups in total. The average Bonchev–Trinajstić information content (AvgIpc) is 2.95. The van der Waals surface area contributed by atoms with Crippen molar-refractivity contribution in [3.05, 3.63) is 53.3 Å². The number of nitriles is 1. The summed E-state index contributed by atoms with van der Waals surface area (Å²) < 4.78 is 1.70. The van der Waals surface area contributed by atoms with Crippen molar-refractivity contribution in [2.45, 2.75) is 13.8 Å². The van der Waals surface area contributed by atoms with Crippen molar-refractivity contribution in [3.63, 3.8) is 0 Å². The van der Waals surface area contributed by atoms with Gasteiger partial charge in [-0.1, -0.05) is 17.7 Å². The number of rotatable bonds is 2. The molecule has 0 aliphatic heterocycles. The molecule has 114 valence electrons. The summed E-state index contributed by atoms with van der Waals surface area (Å²) in [5.74, 6) is 0.241. The van der Waals surface area contributed by atoms with E-state index < -0.39 is 0 Å². The quantitative estimate of drug-likeness (QED) is 0.788. The first-order valence-corrected chi connectivity index (χ1v) is 7.27. The van der Waals surface area contributed by atoms with E-state index in [2.05, 4.69) is 34.4 Å². The van der Waals surface area contributed by atoms with Crippen LogP contribution in [0, 0.1) is 25.2 Å². The summed E-state index contributed by atoms with van der Waals surface area (Å²) in [5.41, 5.74) is 12.1. The Morgan fingerprint density at radius 1 is 1.17 bits per heavy atom. The van der Waals surface area contributed by atoms with Gasteiger partial charge in [-0.05, 0) is 31.5 Å². The zero-order chi connectivity index (χ0) is 16.6. The minimum atomic E-state index is 0.241. The topological polar surface area (TPSA) is 80.5 Å². The zero-order valence-electron chi connectivity index (χ0n) is 13.3.